The molecule has 0 saturated carbocycles. The summed E-state index contributed by atoms with van der Waals surface area (Å²) in [6, 6.07) is 24.7. The maximum absolute atomic E-state index is 11.1. The molecule has 2 N–H and O–H groups in total. The number of hydrogen-bond acceptors (Lipinski definition) is 4. The Bertz CT molecular complexity index is 1320. The van der Waals surface area contributed by atoms with Crippen LogP contribution in [0.1, 0.15) is 47.1 Å². The summed E-state index contributed by atoms with van der Waals surface area (Å²) in [4.78, 5) is 22.4. The van der Waals surface area contributed by atoms with E-state index in [-0.39, 0.29) is 12.3 Å². The van der Waals surface area contributed by atoms with Crippen molar-refractivity contribution in [2.45, 2.75) is 51.7 Å². The van der Waals surface area contributed by atoms with Crippen LogP contribution in [0, 0.1) is 11.8 Å². The van der Waals surface area contributed by atoms with E-state index in [0.29, 0.717) is 6.61 Å². The summed E-state index contributed by atoms with van der Waals surface area (Å²) in [5, 5.41) is 16.2. The van der Waals surface area contributed by atoms with Gasteiger partial charge in [0.2, 0.25) is 0 Å². The van der Waals surface area contributed by atoms with Crippen molar-refractivity contribution in [3.63, 3.8) is 0 Å². The Morgan fingerprint density at radius 3 is 2.08 bits per heavy atom. The molecule has 0 aromatic heterocycles. The first-order valence-corrected chi connectivity index (χ1v) is 12.1. The van der Waals surface area contributed by atoms with Crippen LogP contribution < -0.4 is 4.74 Å². The summed E-state index contributed by atoms with van der Waals surface area (Å²) in [5.41, 5.74) is 6.15. The fourth-order valence-corrected chi connectivity index (χ4v) is 4.16. The van der Waals surface area contributed by atoms with Crippen LogP contribution in [-0.4, -0.2) is 33.2 Å². The van der Waals surface area contributed by atoms with Gasteiger partial charge in [-0.2, -0.15) is 13.2 Å². The molecule has 4 rings (SSSR count). The number of hydrogen-bond donors (Lipinski definition) is 2. The molecule has 3 aromatic carbocycles. The standard InChI is InChI=1S/C28H27NO3.C2HF3O2/c1-2-6-24(16-28(30)31)23-11-13-27(14-12-23)32-20-22-8-5-7-21(15-22)17-29-18-25-9-3-4-10-26(25)19-29;3-2(4,5)1(6)7/h3-5,7-15,24H,16-20H2,1H3,(H,30,31);(H,6,7). The van der Waals surface area contributed by atoms with Crippen molar-refractivity contribution in [1.82, 2.24) is 4.90 Å². The third kappa shape index (κ3) is 9.20. The summed E-state index contributed by atoms with van der Waals surface area (Å²) in [7, 11) is 0. The minimum Gasteiger partial charge on any atom is -0.489 e. The number of nitrogens with zero attached hydrogens (tertiary/aromatic N) is 1. The fraction of sp³-hybridized carbons (Fsp3) is 0.267. The second kappa shape index (κ2) is 13.5. The van der Waals surface area contributed by atoms with E-state index in [4.69, 9.17) is 19.7 Å². The predicted octanol–water partition coefficient (Wildman–Crippen LogP) is 6.00. The van der Waals surface area contributed by atoms with Gasteiger partial charge in [0, 0.05) is 19.6 Å². The number of ether oxygens (including phenoxy) is 1. The quantitative estimate of drug-likeness (QED) is 0.342. The van der Waals surface area contributed by atoms with E-state index in [1.54, 1.807) is 6.92 Å². The van der Waals surface area contributed by atoms with Crippen LogP contribution in [0.5, 0.6) is 5.75 Å². The lowest BCUT2D eigenvalue weighted by molar-refractivity contribution is -0.192. The molecule has 1 atom stereocenters. The van der Waals surface area contributed by atoms with Crippen molar-refractivity contribution in [3.05, 3.63) is 101 Å². The molecule has 0 amide bonds. The van der Waals surface area contributed by atoms with Gasteiger partial charge in [-0.1, -0.05) is 66.6 Å². The molecule has 0 bridgehead atoms. The van der Waals surface area contributed by atoms with Gasteiger partial charge in [0.25, 0.3) is 0 Å². The maximum atomic E-state index is 11.1. The first-order chi connectivity index (χ1) is 18.5. The average molecular weight is 540 g/mol. The van der Waals surface area contributed by atoms with Crippen LogP contribution in [-0.2, 0) is 35.8 Å². The first-order valence-electron chi connectivity index (χ1n) is 12.1. The van der Waals surface area contributed by atoms with Crippen LogP contribution in [0.25, 0.3) is 0 Å². The monoisotopic (exact) mass is 539 g/mol. The Balaban J connectivity index is 0.000000532. The van der Waals surface area contributed by atoms with Gasteiger partial charge in [-0.3, -0.25) is 9.69 Å². The van der Waals surface area contributed by atoms with Crippen molar-refractivity contribution in [2.24, 2.45) is 0 Å². The highest BCUT2D eigenvalue weighted by molar-refractivity contribution is 5.73. The van der Waals surface area contributed by atoms with Crippen molar-refractivity contribution in [1.29, 1.82) is 0 Å². The van der Waals surface area contributed by atoms with Crippen LogP contribution in [0.3, 0.4) is 0 Å². The van der Waals surface area contributed by atoms with Crippen molar-refractivity contribution >= 4 is 11.9 Å². The molecule has 1 aliphatic heterocycles. The molecule has 1 heterocycles. The third-order valence-corrected chi connectivity index (χ3v) is 5.93. The molecule has 3 aromatic rings. The Morgan fingerprint density at radius 1 is 0.949 bits per heavy atom. The Hall–Kier alpha value is -4.29. The number of carboxylic acids is 2. The molecule has 1 unspecified atom stereocenters. The van der Waals surface area contributed by atoms with Crippen molar-refractivity contribution < 1.29 is 37.7 Å². The van der Waals surface area contributed by atoms with Crippen LogP contribution in [0.2, 0.25) is 0 Å². The van der Waals surface area contributed by atoms with E-state index in [9.17, 15) is 18.0 Å². The summed E-state index contributed by atoms with van der Waals surface area (Å²) >= 11 is 0. The van der Waals surface area contributed by atoms with Crippen molar-refractivity contribution in [2.75, 3.05) is 0 Å². The SMILES string of the molecule is CC#CC(CC(=O)O)c1ccc(OCc2cccc(CN3Cc4ccccc4C3)c2)cc1.O=C(O)C(F)(F)F. The lowest BCUT2D eigenvalue weighted by atomic mass is 9.96. The molecule has 0 saturated heterocycles. The Kier molecular flexibility index (Phi) is 10.1. The molecule has 204 valence electrons. The zero-order valence-electron chi connectivity index (χ0n) is 21.2. The number of benzene rings is 3. The van der Waals surface area contributed by atoms with Crippen LogP contribution >= 0.6 is 0 Å². The molecule has 0 aliphatic carbocycles. The van der Waals surface area contributed by atoms with E-state index >= 15 is 0 Å². The summed E-state index contributed by atoms with van der Waals surface area (Å²) in [5.74, 6) is 2.64. The number of aliphatic carboxylic acids is 2. The Morgan fingerprint density at radius 2 is 1.54 bits per heavy atom. The predicted molar refractivity (Wildman–Crippen MR) is 139 cm³/mol. The molecule has 0 fully saturated rings. The van der Waals surface area contributed by atoms with Gasteiger partial charge >= 0.3 is 18.1 Å². The smallest absolute Gasteiger partial charge is 0.489 e. The molecular formula is C30H28F3NO5. The van der Waals surface area contributed by atoms with E-state index in [2.05, 4.69) is 65.3 Å². The van der Waals surface area contributed by atoms with Crippen LogP contribution in [0.15, 0.2) is 72.8 Å². The zero-order valence-corrected chi connectivity index (χ0v) is 21.2. The highest BCUT2D eigenvalue weighted by Crippen LogP contribution is 2.25. The summed E-state index contributed by atoms with van der Waals surface area (Å²) in [6.45, 7) is 5.12. The second-order valence-electron chi connectivity index (χ2n) is 8.94. The normalized spacial score (nSPS) is 13.2. The molecule has 1 aliphatic rings. The van der Waals surface area contributed by atoms with E-state index < -0.39 is 18.1 Å². The number of carboxylic acid groups (broad SMARTS) is 2. The highest BCUT2D eigenvalue weighted by Gasteiger charge is 2.38. The van der Waals surface area contributed by atoms with Gasteiger partial charge in [-0.25, -0.2) is 4.79 Å². The number of halogens is 3. The van der Waals surface area contributed by atoms with E-state index in [1.165, 1.54) is 16.7 Å². The van der Waals surface area contributed by atoms with Gasteiger partial charge in [0.05, 0.1) is 12.3 Å². The highest BCUT2D eigenvalue weighted by atomic mass is 19.4. The molecule has 6 nitrogen and oxygen atoms in total. The van der Waals surface area contributed by atoms with Gasteiger partial charge in [0.1, 0.15) is 12.4 Å². The first kappa shape index (κ1) is 29.3. The molecule has 0 radical (unpaired) electrons. The molecule has 39 heavy (non-hydrogen) atoms. The molecular weight excluding hydrogens is 511 g/mol. The number of rotatable bonds is 8. The summed E-state index contributed by atoms with van der Waals surface area (Å²) in [6.07, 6.45) is -5.09. The largest absolute Gasteiger partial charge is 0.490 e. The summed E-state index contributed by atoms with van der Waals surface area (Å²) < 4.78 is 37.7. The van der Waals surface area contributed by atoms with Gasteiger partial charge in [-0.05, 0) is 46.9 Å². The van der Waals surface area contributed by atoms with Gasteiger partial charge in [-0.15, -0.1) is 5.92 Å². The second-order valence-corrected chi connectivity index (χ2v) is 8.94. The minimum atomic E-state index is -5.08. The van der Waals surface area contributed by atoms with Gasteiger partial charge < -0.3 is 14.9 Å². The topological polar surface area (TPSA) is 87.1 Å². The van der Waals surface area contributed by atoms with Crippen molar-refractivity contribution in [3.8, 4) is 17.6 Å². The van der Waals surface area contributed by atoms with E-state index in [0.717, 1.165) is 36.5 Å². The van der Waals surface area contributed by atoms with Crippen LogP contribution in [0.4, 0.5) is 13.2 Å². The lowest BCUT2D eigenvalue weighted by Crippen LogP contribution is -2.21. The number of alkyl halides is 3. The number of carbonyl (C=O) groups is 2. The lowest BCUT2D eigenvalue weighted by Gasteiger charge is -2.16. The molecule has 9 heteroatoms. The zero-order chi connectivity index (χ0) is 28.4. The van der Waals surface area contributed by atoms with Gasteiger partial charge in [0.15, 0.2) is 0 Å². The third-order valence-electron chi connectivity index (χ3n) is 5.93. The number of fused-ring (bicyclic) bond motifs is 1. The average Bonchev–Trinajstić information content (AvgIpc) is 3.30. The Labute approximate surface area is 224 Å². The fourth-order valence-electron chi connectivity index (χ4n) is 4.16. The maximum Gasteiger partial charge on any atom is 0.490 e. The van der Waals surface area contributed by atoms with E-state index in [1.807, 2.05) is 24.3 Å². The molecule has 0 spiro atoms. The minimum absolute atomic E-state index is 0.00403.